The molecule has 0 N–H and O–H groups in total. The Hall–Kier alpha value is -1.57. The van der Waals surface area contributed by atoms with Crippen LogP contribution in [0.4, 0.5) is 0 Å². The van der Waals surface area contributed by atoms with Gasteiger partial charge in [0.2, 0.25) is 0 Å². The summed E-state index contributed by atoms with van der Waals surface area (Å²) < 4.78 is 6.13. The van der Waals surface area contributed by atoms with Crippen molar-refractivity contribution >= 4 is 6.29 Å². The first-order valence-corrected chi connectivity index (χ1v) is 8.30. The van der Waals surface area contributed by atoms with Crippen LogP contribution >= 0.6 is 0 Å². The van der Waals surface area contributed by atoms with Gasteiger partial charge in [-0.3, -0.25) is 4.79 Å². The molecule has 0 saturated carbocycles. The topological polar surface area (TPSA) is 26.3 Å². The minimum atomic E-state index is -0.0618. The highest BCUT2D eigenvalue weighted by Gasteiger charge is 2.22. The summed E-state index contributed by atoms with van der Waals surface area (Å²) in [4.78, 5) is 11.2. The molecule has 0 heterocycles. The van der Waals surface area contributed by atoms with Crippen LogP contribution in [0.1, 0.15) is 74.9 Å². The molecule has 122 valence electrons. The summed E-state index contributed by atoms with van der Waals surface area (Å²) in [5.41, 5.74) is 2.80. The molecule has 0 unspecified atom stereocenters. The maximum atomic E-state index is 11.2. The molecule has 0 radical (unpaired) electrons. The minimum absolute atomic E-state index is 0.0618. The summed E-state index contributed by atoms with van der Waals surface area (Å²) in [5.74, 6) is 0.939. The van der Waals surface area contributed by atoms with Crippen LogP contribution in [0.25, 0.3) is 0 Å². The summed E-state index contributed by atoms with van der Waals surface area (Å²) in [5, 5.41) is 0. The first-order valence-electron chi connectivity index (χ1n) is 8.30. The first-order chi connectivity index (χ1) is 10.4. The molecule has 0 aliphatic heterocycles. The fourth-order valence-electron chi connectivity index (χ4n) is 2.52. The van der Waals surface area contributed by atoms with Gasteiger partial charge in [0.1, 0.15) is 12.0 Å². The number of hydrogen-bond acceptors (Lipinski definition) is 2. The zero-order valence-corrected chi connectivity index (χ0v) is 14.6. The van der Waals surface area contributed by atoms with Gasteiger partial charge in [-0.05, 0) is 36.0 Å². The van der Waals surface area contributed by atoms with Crippen LogP contribution in [0.5, 0.6) is 5.75 Å². The van der Waals surface area contributed by atoms with Crippen molar-refractivity contribution in [3.8, 4) is 5.75 Å². The van der Waals surface area contributed by atoms with Crippen LogP contribution in [0.15, 0.2) is 24.8 Å². The summed E-state index contributed by atoms with van der Waals surface area (Å²) in [6, 6.07) is 3.88. The Bertz CT molecular complexity index is 495. The van der Waals surface area contributed by atoms with E-state index in [4.69, 9.17) is 4.74 Å². The number of benzene rings is 1. The molecule has 22 heavy (non-hydrogen) atoms. The van der Waals surface area contributed by atoms with E-state index in [1.807, 2.05) is 18.2 Å². The minimum Gasteiger partial charge on any atom is -0.493 e. The number of unbranched alkanes of at least 4 members (excludes halogenated alkanes) is 3. The van der Waals surface area contributed by atoms with Crippen LogP contribution in [-0.4, -0.2) is 12.9 Å². The Morgan fingerprint density at radius 3 is 2.45 bits per heavy atom. The van der Waals surface area contributed by atoms with Gasteiger partial charge >= 0.3 is 0 Å². The number of carbonyl (C=O) groups excluding carboxylic acids is 1. The maximum Gasteiger partial charge on any atom is 0.150 e. The van der Waals surface area contributed by atoms with Gasteiger partial charge in [0.05, 0.1) is 6.61 Å². The molecule has 0 aromatic heterocycles. The number of carbonyl (C=O) groups is 1. The van der Waals surface area contributed by atoms with Crippen molar-refractivity contribution in [3.63, 3.8) is 0 Å². The molecule has 0 spiro atoms. The Labute approximate surface area is 135 Å². The molecule has 0 amide bonds. The second-order valence-electron chi connectivity index (χ2n) is 6.83. The molecule has 0 atom stereocenters. The summed E-state index contributed by atoms with van der Waals surface area (Å²) in [6.07, 6.45) is 8.23. The lowest BCUT2D eigenvalue weighted by atomic mass is 9.83. The summed E-state index contributed by atoms with van der Waals surface area (Å²) >= 11 is 0. The Morgan fingerprint density at radius 2 is 1.91 bits per heavy atom. The highest BCUT2D eigenvalue weighted by Crippen LogP contribution is 2.35. The third-order valence-corrected chi connectivity index (χ3v) is 3.74. The molecule has 0 bridgehead atoms. The normalized spacial score (nSPS) is 11.3. The summed E-state index contributed by atoms with van der Waals surface area (Å²) in [6.45, 7) is 13.2. The van der Waals surface area contributed by atoms with Crippen molar-refractivity contribution < 1.29 is 9.53 Å². The van der Waals surface area contributed by atoms with E-state index in [1.54, 1.807) is 0 Å². The van der Waals surface area contributed by atoms with Gasteiger partial charge in [-0.2, -0.15) is 0 Å². The van der Waals surface area contributed by atoms with Gasteiger partial charge in [0, 0.05) is 11.1 Å². The second-order valence-corrected chi connectivity index (χ2v) is 6.83. The standard InChI is InChI=1S/C20H30O2/c1-6-8-9-10-12-22-19-17(11-7-2)13-16(15-21)14-18(19)20(3,4)5/h7,13-15H,2,6,8-12H2,1,3-5H3. The van der Waals surface area contributed by atoms with Gasteiger partial charge in [0.25, 0.3) is 0 Å². The zero-order valence-electron chi connectivity index (χ0n) is 14.6. The van der Waals surface area contributed by atoms with E-state index in [-0.39, 0.29) is 5.41 Å². The zero-order chi connectivity index (χ0) is 16.6. The monoisotopic (exact) mass is 302 g/mol. The van der Waals surface area contributed by atoms with Crippen molar-refractivity contribution in [3.05, 3.63) is 41.5 Å². The lowest BCUT2D eigenvalue weighted by Crippen LogP contribution is -2.16. The largest absolute Gasteiger partial charge is 0.493 e. The van der Waals surface area contributed by atoms with Crippen molar-refractivity contribution in [1.29, 1.82) is 0 Å². The number of ether oxygens (including phenoxy) is 1. The number of rotatable bonds is 9. The van der Waals surface area contributed by atoms with E-state index in [2.05, 4.69) is 34.3 Å². The molecule has 0 aliphatic rings. The quantitative estimate of drug-likeness (QED) is 0.343. The molecular formula is C20H30O2. The van der Waals surface area contributed by atoms with E-state index in [1.165, 1.54) is 19.3 Å². The van der Waals surface area contributed by atoms with Gasteiger partial charge in [-0.1, -0.05) is 53.0 Å². The third kappa shape index (κ3) is 5.32. The Morgan fingerprint density at radius 1 is 1.18 bits per heavy atom. The van der Waals surface area contributed by atoms with Gasteiger partial charge in [-0.25, -0.2) is 0 Å². The van der Waals surface area contributed by atoms with Crippen molar-refractivity contribution in [2.45, 2.75) is 65.2 Å². The average molecular weight is 302 g/mol. The van der Waals surface area contributed by atoms with E-state index in [0.29, 0.717) is 5.56 Å². The lowest BCUT2D eigenvalue weighted by molar-refractivity contribution is 0.112. The van der Waals surface area contributed by atoms with Gasteiger partial charge in [-0.15, -0.1) is 6.58 Å². The fourth-order valence-corrected chi connectivity index (χ4v) is 2.52. The van der Waals surface area contributed by atoms with Crippen molar-refractivity contribution in [2.75, 3.05) is 6.61 Å². The SMILES string of the molecule is C=CCc1cc(C=O)cc(C(C)(C)C)c1OCCCCCC. The highest BCUT2D eigenvalue weighted by molar-refractivity contribution is 5.77. The molecule has 1 aromatic rings. The molecule has 1 rings (SSSR count). The summed E-state index contributed by atoms with van der Waals surface area (Å²) in [7, 11) is 0. The number of allylic oxidation sites excluding steroid dienone is 1. The Balaban J connectivity index is 3.08. The van der Waals surface area contributed by atoms with E-state index < -0.39 is 0 Å². The van der Waals surface area contributed by atoms with Crippen LogP contribution in [0.2, 0.25) is 0 Å². The van der Waals surface area contributed by atoms with E-state index >= 15 is 0 Å². The number of aldehydes is 1. The van der Waals surface area contributed by atoms with Crippen LogP contribution in [-0.2, 0) is 11.8 Å². The van der Waals surface area contributed by atoms with Crippen LogP contribution in [0.3, 0.4) is 0 Å². The Kier molecular flexibility index (Phi) is 7.37. The molecule has 0 saturated heterocycles. The number of hydrogen-bond donors (Lipinski definition) is 0. The molecule has 1 aromatic carbocycles. The molecule has 0 fully saturated rings. The van der Waals surface area contributed by atoms with Crippen molar-refractivity contribution in [2.24, 2.45) is 0 Å². The van der Waals surface area contributed by atoms with Gasteiger partial charge in [0.15, 0.2) is 0 Å². The first kappa shape index (κ1) is 18.5. The van der Waals surface area contributed by atoms with Crippen LogP contribution in [0, 0.1) is 0 Å². The van der Waals surface area contributed by atoms with Gasteiger partial charge < -0.3 is 4.74 Å². The van der Waals surface area contributed by atoms with Crippen LogP contribution < -0.4 is 4.74 Å². The molecule has 2 nitrogen and oxygen atoms in total. The smallest absolute Gasteiger partial charge is 0.150 e. The van der Waals surface area contributed by atoms with E-state index in [9.17, 15) is 4.79 Å². The average Bonchev–Trinajstić information content (AvgIpc) is 2.47. The highest BCUT2D eigenvalue weighted by atomic mass is 16.5. The molecule has 0 aliphatic carbocycles. The van der Waals surface area contributed by atoms with Crippen molar-refractivity contribution in [1.82, 2.24) is 0 Å². The maximum absolute atomic E-state index is 11.2. The predicted octanol–water partition coefficient (Wildman–Crippen LogP) is 5.48. The third-order valence-electron chi connectivity index (χ3n) is 3.74. The second kappa shape index (κ2) is 8.77. The fraction of sp³-hybridized carbons (Fsp3) is 0.550. The molecule has 2 heteroatoms. The predicted molar refractivity (Wildman–Crippen MR) is 94.1 cm³/mol. The molecular weight excluding hydrogens is 272 g/mol. The van der Waals surface area contributed by atoms with E-state index in [0.717, 1.165) is 42.6 Å². The lowest BCUT2D eigenvalue weighted by Gasteiger charge is -2.25.